The number of hydrogen-bond donors (Lipinski definition) is 0. The molecule has 1 aromatic rings. The van der Waals surface area contributed by atoms with Gasteiger partial charge in [-0.1, -0.05) is 32.0 Å². The zero-order valence-corrected chi connectivity index (χ0v) is 15.0. The van der Waals surface area contributed by atoms with Crippen molar-refractivity contribution in [1.29, 1.82) is 5.26 Å². The number of piperazine rings is 1. The number of nitrogens with zero attached hydrogens (tertiary/aromatic N) is 4. The molecule has 0 saturated carbocycles. The normalized spacial score (nSPS) is 15.0. The molecule has 0 aromatic heterocycles. The Balaban J connectivity index is 1.93. The Bertz CT molecular complexity index is 616. The maximum absolute atomic E-state index is 12.7. The predicted molar refractivity (Wildman–Crippen MR) is 96.9 cm³/mol. The zero-order chi connectivity index (χ0) is 18.2. The molecule has 6 heteroatoms. The van der Waals surface area contributed by atoms with Crippen LogP contribution >= 0.6 is 0 Å². The number of nitriles is 1. The number of anilines is 1. The second kappa shape index (κ2) is 9.19. The third kappa shape index (κ3) is 5.30. The summed E-state index contributed by atoms with van der Waals surface area (Å²) in [4.78, 5) is 30.4. The minimum Gasteiger partial charge on any atom is -0.340 e. The molecule has 25 heavy (non-hydrogen) atoms. The van der Waals surface area contributed by atoms with Gasteiger partial charge in [-0.2, -0.15) is 5.26 Å². The van der Waals surface area contributed by atoms with Crippen LogP contribution in [0.25, 0.3) is 0 Å². The molecule has 1 aliphatic rings. The van der Waals surface area contributed by atoms with Gasteiger partial charge in [-0.25, -0.2) is 0 Å². The van der Waals surface area contributed by atoms with Gasteiger partial charge in [0.1, 0.15) is 0 Å². The van der Waals surface area contributed by atoms with Gasteiger partial charge in [-0.15, -0.1) is 0 Å². The smallest absolute Gasteiger partial charge is 0.241 e. The molecule has 1 fully saturated rings. The quantitative estimate of drug-likeness (QED) is 0.790. The fraction of sp³-hybridized carbons (Fsp3) is 0.526. The van der Waals surface area contributed by atoms with Gasteiger partial charge >= 0.3 is 0 Å². The Morgan fingerprint density at radius 3 is 2.36 bits per heavy atom. The summed E-state index contributed by atoms with van der Waals surface area (Å²) < 4.78 is 0. The summed E-state index contributed by atoms with van der Waals surface area (Å²) >= 11 is 0. The van der Waals surface area contributed by atoms with Crippen molar-refractivity contribution < 1.29 is 9.59 Å². The lowest BCUT2D eigenvalue weighted by Gasteiger charge is -2.36. The molecule has 0 bridgehead atoms. The van der Waals surface area contributed by atoms with Crippen molar-refractivity contribution in [3.63, 3.8) is 0 Å². The molecule has 0 unspecified atom stereocenters. The number of rotatable bonds is 6. The lowest BCUT2D eigenvalue weighted by atomic mass is 10.1. The first-order chi connectivity index (χ1) is 12.0. The van der Waals surface area contributed by atoms with Gasteiger partial charge in [0.25, 0.3) is 0 Å². The first-order valence-electron chi connectivity index (χ1n) is 8.76. The van der Waals surface area contributed by atoms with Crippen LogP contribution in [0.1, 0.15) is 20.3 Å². The van der Waals surface area contributed by atoms with Crippen molar-refractivity contribution in [2.45, 2.75) is 20.3 Å². The highest BCUT2D eigenvalue weighted by molar-refractivity contribution is 5.94. The first-order valence-corrected chi connectivity index (χ1v) is 8.76. The Morgan fingerprint density at radius 2 is 1.80 bits per heavy atom. The van der Waals surface area contributed by atoms with E-state index in [0.717, 1.165) is 5.69 Å². The maximum atomic E-state index is 12.7. The van der Waals surface area contributed by atoms with E-state index >= 15 is 0 Å². The molecule has 0 atom stereocenters. The van der Waals surface area contributed by atoms with Crippen LogP contribution in [0, 0.1) is 17.2 Å². The molecule has 1 saturated heterocycles. The third-order valence-corrected chi connectivity index (χ3v) is 4.35. The van der Waals surface area contributed by atoms with Crippen LogP contribution in [0.2, 0.25) is 0 Å². The molecule has 0 radical (unpaired) electrons. The van der Waals surface area contributed by atoms with E-state index in [-0.39, 0.29) is 17.7 Å². The molecule has 1 aromatic carbocycles. The minimum atomic E-state index is -0.00918. The standard InChI is InChI=1S/C19H26N4O2/c1-16(2)19(25)22-13-11-21(12-14-22)15-18(24)23(10-6-9-20)17-7-4-3-5-8-17/h3-5,7-8,16H,6,10-15H2,1-2H3. The van der Waals surface area contributed by atoms with E-state index in [2.05, 4.69) is 11.0 Å². The molecule has 1 aliphatic heterocycles. The van der Waals surface area contributed by atoms with E-state index in [4.69, 9.17) is 5.26 Å². The lowest BCUT2D eigenvalue weighted by Crippen LogP contribution is -2.52. The SMILES string of the molecule is CC(C)C(=O)N1CCN(CC(=O)N(CCC#N)c2ccccc2)CC1. The van der Waals surface area contributed by atoms with E-state index < -0.39 is 0 Å². The molecule has 0 spiro atoms. The number of para-hydroxylation sites is 1. The molecule has 134 valence electrons. The predicted octanol–water partition coefficient (Wildman–Crippen LogP) is 1.73. The highest BCUT2D eigenvalue weighted by atomic mass is 16.2. The van der Waals surface area contributed by atoms with E-state index in [9.17, 15) is 9.59 Å². The van der Waals surface area contributed by atoms with Gasteiger partial charge in [-0.05, 0) is 12.1 Å². The summed E-state index contributed by atoms with van der Waals surface area (Å²) in [6, 6.07) is 11.5. The van der Waals surface area contributed by atoms with Crippen LogP contribution in [0.5, 0.6) is 0 Å². The van der Waals surface area contributed by atoms with Gasteiger partial charge in [0.15, 0.2) is 0 Å². The number of hydrogen-bond acceptors (Lipinski definition) is 4. The average Bonchev–Trinajstić information content (AvgIpc) is 2.63. The number of carbonyl (C=O) groups excluding carboxylic acids is 2. The van der Waals surface area contributed by atoms with Crippen LogP contribution in [0.4, 0.5) is 5.69 Å². The summed E-state index contributed by atoms with van der Waals surface area (Å²) in [5.41, 5.74) is 0.816. The summed E-state index contributed by atoms with van der Waals surface area (Å²) in [6.07, 6.45) is 0.303. The summed E-state index contributed by atoms with van der Waals surface area (Å²) in [5, 5.41) is 8.86. The molecule has 2 rings (SSSR count). The second-order valence-corrected chi connectivity index (χ2v) is 6.55. The summed E-state index contributed by atoms with van der Waals surface area (Å²) in [7, 11) is 0. The Kier molecular flexibility index (Phi) is 6.96. The van der Waals surface area contributed by atoms with Crippen LogP contribution in [0.15, 0.2) is 30.3 Å². The van der Waals surface area contributed by atoms with Crippen LogP contribution in [-0.4, -0.2) is 60.9 Å². The number of carbonyl (C=O) groups is 2. The van der Waals surface area contributed by atoms with Crippen LogP contribution < -0.4 is 4.90 Å². The fourth-order valence-electron chi connectivity index (χ4n) is 2.94. The summed E-state index contributed by atoms with van der Waals surface area (Å²) in [6.45, 7) is 7.24. The molecular formula is C19H26N4O2. The minimum absolute atomic E-state index is 0.00716. The van der Waals surface area contributed by atoms with Crippen molar-refractivity contribution in [1.82, 2.24) is 9.80 Å². The van der Waals surface area contributed by atoms with Crippen molar-refractivity contribution in [3.8, 4) is 6.07 Å². The maximum Gasteiger partial charge on any atom is 0.241 e. The van der Waals surface area contributed by atoms with Crippen molar-refractivity contribution in [2.24, 2.45) is 5.92 Å². The fourth-order valence-corrected chi connectivity index (χ4v) is 2.94. The van der Waals surface area contributed by atoms with Gasteiger partial charge in [-0.3, -0.25) is 14.5 Å². The monoisotopic (exact) mass is 342 g/mol. The topological polar surface area (TPSA) is 67.7 Å². The third-order valence-electron chi connectivity index (χ3n) is 4.35. The lowest BCUT2D eigenvalue weighted by molar-refractivity contribution is -0.136. The average molecular weight is 342 g/mol. The van der Waals surface area contributed by atoms with Gasteiger partial charge in [0, 0.05) is 44.3 Å². The zero-order valence-electron chi connectivity index (χ0n) is 15.0. The van der Waals surface area contributed by atoms with Crippen molar-refractivity contribution >= 4 is 17.5 Å². The molecule has 6 nitrogen and oxygen atoms in total. The Labute approximate surface area is 149 Å². The first kappa shape index (κ1) is 18.9. The van der Waals surface area contributed by atoms with Crippen LogP contribution in [-0.2, 0) is 9.59 Å². The molecular weight excluding hydrogens is 316 g/mol. The molecule has 2 amide bonds. The molecule has 0 N–H and O–H groups in total. The number of amides is 2. The Morgan fingerprint density at radius 1 is 1.16 bits per heavy atom. The van der Waals surface area contributed by atoms with Gasteiger partial charge in [0.2, 0.25) is 11.8 Å². The molecule has 1 heterocycles. The van der Waals surface area contributed by atoms with E-state index in [1.54, 1.807) is 4.90 Å². The van der Waals surface area contributed by atoms with Gasteiger partial charge < -0.3 is 9.80 Å². The van der Waals surface area contributed by atoms with Crippen molar-refractivity contribution in [2.75, 3.05) is 44.2 Å². The van der Waals surface area contributed by atoms with Gasteiger partial charge in [0.05, 0.1) is 19.0 Å². The Hall–Kier alpha value is -2.39. The van der Waals surface area contributed by atoms with E-state index in [1.807, 2.05) is 49.1 Å². The second-order valence-electron chi connectivity index (χ2n) is 6.55. The molecule has 0 aliphatic carbocycles. The van der Waals surface area contributed by atoms with E-state index in [0.29, 0.717) is 45.7 Å². The largest absolute Gasteiger partial charge is 0.340 e. The van der Waals surface area contributed by atoms with E-state index in [1.165, 1.54) is 0 Å². The summed E-state index contributed by atoms with van der Waals surface area (Å²) in [5.74, 6) is 0.170. The highest BCUT2D eigenvalue weighted by Crippen LogP contribution is 2.15. The van der Waals surface area contributed by atoms with Crippen LogP contribution in [0.3, 0.4) is 0 Å². The number of benzene rings is 1. The highest BCUT2D eigenvalue weighted by Gasteiger charge is 2.25. The van der Waals surface area contributed by atoms with Crippen molar-refractivity contribution in [3.05, 3.63) is 30.3 Å².